The van der Waals surface area contributed by atoms with Crippen molar-refractivity contribution in [2.45, 2.75) is 6.61 Å². The van der Waals surface area contributed by atoms with Crippen molar-refractivity contribution in [1.29, 1.82) is 0 Å². The summed E-state index contributed by atoms with van der Waals surface area (Å²) >= 11 is 1.57. The van der Waals surface area contributed by atoms with Gasteiger partial charge in [0.15, 0.2) is 0 Å². The average molecular weight is 332 g/mol. The topological polar surface area (TPSA) is 48.1 Å². The van der Waals surface area contributed by atoms with Gasteiger partial charge in [-0.2, -0.15) is 0 Å². The Labute approximate surface area is 144 Å². The largest absolute Gasteiger partial charge is 0.487 e. The van der Waals surface area contributed by atoms with Crippen LogP contribution in [0.25, 0.3) is 21.9 Å². The number of hydrogen-bond donors (Lipinski definition) is 1. The molecule has 3 aromatic carbocycles. The van der Waals surface area contributed by atoms with Gasteiger partial charge in [0, 0.05) is 16.6 Å². The fraction of sp³-hybridized carbons (Fsp3) is 0.0500. The maximum absolute atomic E-state index is 6.09. The second kappa shape index (κ2) is 6.34. The number of nitrogens with zero attached hydrogens (tertiary/aromatic N) is 1. The number of fused-ring (bicyclic) bond motifs is 1. The molecular weight excluding hydrogens is 316 g/mol. The van der Waals surface area contributed by atoms with Crippen molar-refractivity contribution in [3.05, 3.63) is 77.2 Å². The van der Waals surface area contributed by atoms with Crippen molar-refractivity contribution < 1.29 is 4.74 Å². The van der Waals surface area contributed by atoms with E-state index in [9.17, 15) is 0 Å². The van der Waals surface area contributed by atoms with Gasteiger partial charge in [0.1, 0.15) is 12.4 Å². The zero-order chi connectivity index (χ0) is 16.4. The molecule has 0 amide bonds. The highest BCUT2D eigenvalue weighted by atomic mass is 32.1. The summed E-state index contributed by atoms with van der Waals surface area (Å²) in [5, 5.41) is 4.33. The summed E-state index contributed by atoms with van der Waals surface area (Å²) in [6.45, 7) is 0.456. The van der Waals surface area contributed by atoms with Crippen molar-refractivity contribution in [1.82, 2.24) is 4.98 Å². The third-order valence-corrected chi connectivity index (χ3v) is 4.56. The highest BCUT2D eigenvalue weighted by molar-refractivity contribution is 7.07. The normalized spacial score (nSPS) is 10.8. The van der Waals surface area contributed by atoms with Gasteiger partial charge in [0.05, 0.1) is 11.2 Å². The van der Waals surface area contributed by atoms with E-state index in [-0.39, 0.29) is 0 Å². The number of thiazole rings is 1. The lowest BCUT2D eigenvalue weighted by Crippen LogP contribution is -1.98. The average Bonchev–Trinajstić information content (AvgIpc) is 3.13. The Balaban J connectivity index is 1.84. The van der Waals surface area contributed by atoms with Crippen LogP contribution in [0.5, 0.6) is 5.75 Å². The number of hydrogen-bond acceptors (Lipinski definition) is 4. The summed E-state index contributed by atoms with van der Waals surface area (Å²) in [4.78, 5) is 4.28. The third kappa shape index (κ3) is 2.84. The van der Waals surface area contributed by atoms with Crippen LogP contribution in [0.3, 0.4) is 0 Å². The SMILES string of the molecule is Nc1cccc(-c2c(OCc3cscn3)ccc3ccccc23)c1. The molecule has 0 radical (unpaired) electrons. The highest BCUT2D eigenvalue weighted by Crippen LogP contribution is 2.38. The van der Waals surface area contributed by atoms with Crippen LogP contribution in [0, 0.1) is 0 Å². The highest BCUT2D eigenvalue weighted by Gasteiger charge is 2.12. The quantitative estimate of drug-likeness (QED) is 0.527. The van der Waals surface area contributed by atoms with E-state index in [2.05, 4.69) is 29.2 Å². The fourth-order valence-electron chi connectivity index (χ4n) is 2.82. The monoisotopic (exact) mass is 332 g/mol. The predicted octanol–water partition coefficient (Wildman–Crippen LogP) is 5.12. The van der Waals surface area contributed by atoms with Gasteiger partial charge in [0.25, 0.3) is 0 Å². The molecule has 1 heterocycles. The minimum atomic E-state index is 0.456. The first-order valence-corrected chi connectivity index (χ1v) is 8.63. The van der Waals surface area contributed by atoms with Crippen molar-refractivity contribution in [3.63, 3.8) is 0 Å². The molecule has 0 aliphatic carbocycles. The molecular formula is C20H16N2OS. The standard InChI is InChI=1S/C20H16N2OS/c21-16-6-3-5-15(10-16)20-18-7-2-1-4-14(18)8-9-19(20)23-11-17-12-24-13-22-17/h1-10,12-13H,11,21H2. The number of ether oxygens (including phenoxy) is 1. The molecule has 0 bridgehead atoms. The lowest BCUT2D eigenvalue weighted by molar-refractivity contribution is 0.304. The molecule has 4 aromatic rings. The predicted molar refractivity (Wildman–Crippen MR) is 100 cm³/mol. The van der Waals surface area contributed by atoms with E-state index in [1.807, 2.05) is 47.3 Å². The molecule has 0 saturated carbocycles. The molecule has 4 heteroatoms. The molecule has 0 saturated heterocycles. The second-order valence-corrected chi connectivity index (χ2v) is 6.27. The van der Waals surface area contributed by atoms with Crippen LogP contribution < -0.4 is 10.5 Å². The van der Waals surface area contributed by atoms with Gasteiger partial charge in [-0.1, -0.05) is 42.5 Å². The van der Waals surface area contributed by atoms with Crippen molar-refractivity contribution in [2.24, 2.45) is 0 Å². The fourth-order valence-corrected chi connectivity index (χ4v) is 3.37. The van der Waals surface area contributed by atoms with Crippen molar-refractivity contribution in [3.8, 4) is 16.9 Å². The molecule has 118 valence electrons. The molecule has 0 fully saturated rings. The Morgan fingerprint density at radius 3 is 2.75 bits per heavy atom. The van der Waals surface area contributed by atoms with E-state index in [1.165, 1.54) is 5.39 Å². The number of nitrogens with two attached hydrogens (primary N) is 1. The number of nitrogen functional groups attached to an aromatic ring is 1. The first kappa shape index (κ1) is 14.7. The van der Waals surface area contributed by atoms with Crippen LogP contribution in [0.15, 0.2) is 71.6 Å². The number of anilines is 1. The van der Waals surface area contributed by atoms with Crippen LogP contribution in [0.2, 0.25) is 0 Å². The smallest absolute Gasteiger partial charge is 0.131 e. The van der Waals surface area contributed by atoms with Gasteiger partial charge in [-0.05, 0) is 34.5 Å². The van der Waals surface area contributed by atoms with E-state index < -0.39 is 0 Å². The summed E-state index contributed by atoms with van der Waals surface area (Å²) in [6.07, 6.45) is 0. The zero-order valence-electron chi connectivity index (χ0n) is 13.0. The molecule has 0 unspecified atom stereocenters. The molecule has 1 aromatic heterocycles. The summed E-state index contributed by atoms with van der Waals surface area (Å²) in [6, 6.07) is 20.3. The van der Waals surface area contributed by atoms with E-state index in [0.29, 0.717) is 6.61 Å². The van der Waals surface area contributed by atoms with Crippen LogP contribution in [0.4, 0.5) is 5.69 Å². The van der Waals surface area contributed by atoms with E-state index >= 15 is 0 Å². The van der Waals surface area contributed by atoms with E-state index in [4.69, 9.17) is 10.5 Å². The third-order valence-electron chi connectivity index (χ3n) is 3.93. The molecule has 2 N–H and O–H groups in total. The Kier molecular flexibility index (Phi) is 3.89. The van der Waals surface area contributed by atoms with Crippen LogP contribution >= 0.6 is 11.3 Å². The van der Waals surface area contributed by atoms with Crippen LogP contribution in [-0.2, 0) is 6.61 Å². The molecule has 3 nitrogen and oxygen atoms in total. The van der Waals surface area contributed by atoms with Gasteiger partial charge in [-0.25, -0.2) is 4.98 Å². The van der Waals surface area contributed by atoms with Gasteiger partial charge in [0.2, 0.25) is 0 Å². The maximum Gasteiger partial charge on any atom is 0.131 e. The first-order chi connectivity index (χ1) is 11.8. The molecule has 0 spiro atoms. The van der Waals surface area contributed by atoms with Gasteiger partial charge < -0.3 is 10.5 Å². The Hall–Kier alpha value is -2.85. The lowest BCUT2D eigenvalue weighted by atomic mass is 9.97. The lowest BCUT2D eigenvalue weighted by Gasteiger charge is -2.14. The minimum Gasteiger partial charge on any atom is -0.487 e. The van der Waals surface area contributed by atoms with E-state index in [1.54, 1.807) is 11.3 Å². The van der Waals surface area contributed by atoms with E-state index in [0.717, 1.165) is 33.6 Å². The second-order valence-electron chi connectivity index (χ2n) is 5.55. The van der Waals surface area contributed by atoms with Gasteiger partial charge >= 0.3 is 0 Å². The molecule has 24 heavy (non-hydrogen) atoms. The minimum absolute atomic E-state index is 0.456. The van der Waals surface area contributed by atoms with Gasteiger partial charge in [-0.3, -0.25) is 0 Å². The number of aromatic nitrogens is 1. The van der Waals surface area contributed by atoms with Gasteiger partial charge in [-0.15, -0.1) is 11.3 Å². The molecule has 0 aliphatic rings. The van der Waals surface area contributed by atoms with Crippen molar-refractivity contribution >= 4 is 27.8 Å². The van der Waals surface area contributed by atoms with Crippen LogP contribution in [0.1, 0.15) is 5.69 Å². The summed E-state index contributed by atoms with van der Waals surface area (Å²) in [7, 11) is 0. The summed E-state index contributed by atoms with van der Waals surface area (Å²) in [5.41, 5.74) is 11.6. The zero-order valence-corrected chi connectivity index (χ0v) is 13.8. The maximum atomic E-state index is 6.09. The Bertz CT molecular complexity index is 980. The number of benzene rings is 3. The van der Waals surface area contributed by atoms with Crippen molar-refractivity contribution in [2.75, 3.05) is 5.73 Å². The molecule has 0 atom stereocenters. The molecule has 4 rings (SSSR count). The molecule has 0 aliphatic heterocycles. The Morgan fingerprint density at radius 1 is 1.00 bits per heavy atom. The summed E-state index contributed by atoms with van der Waals surface area (Å²) in [5.74, 6) is 0.840. The Morgan fingerprint density at radius 2 is 1.92 bits per heavy atom. The van der Waals surface area contributed by atoms with Crippen LogP contribution in [-0.4, -0.2) is 4.98 Å². The number of rotatable bonds is 4. The first-order valence-electron chi connectivity index (χ1n) is 7.69. The summed E-state index contributed by atoms with van der Waals surface area (Å²) < 4.78 is 6.09.